The molecule has 3 atom stereocenters. The summed E-state index contributed by atoms with van der Waals surface area (Å²) < 4.78 is 34.2. The molecule has 1 aromatic rings. The predicted molar refractivity (Wildman–Crippen MR) is 108 cm³/mol. The second-order valence-corrected chi connectivity index (χ2v) is 9.66. The Balaban J connectivity index is 1.62. The van der Waals surface area contributed by atoms with Crippen molar-refractivity contribution in [2.75, 3.05) is 30.9 Å². The van der Waals surface area contributed by atoms with E-state index < -0.39 is 33.2 Å². The third-order valence-electron chi connectivity index (χ3n) is 5.10. The lowest BCUT2D eigenvalue weighted by Crippen LogP contribution is -2.40. The molecule has 0 bridgehead atoms. The molecule has 2 saturated heterocycles. The highest BCUT2D eigenvalue weighted by atomic mass is 32.2. The number of amides is 2. The maximum Gasteiger partial charge on any atom is 0.414 e. The van der Waals surface area contributed by atoms with Crippen LogP contribution in [0.5, 0.6) is 0 Å². The summed E-state index contributed by atoms with van der Waals surface area (Å²) in [5.41, 5.74) is 2.75. The Labute approximate surface area is 175 Å². The van der Waals surface area contributed by atoms with Gasteiger partial charge in [-0.05, 0) is 36.6 Å². The van der Waals surface area contributed by atoms with Crippen LogP contribution in [0, 0.1) is 17.8 Å². The Hall–Kier alpha value is -2.61. The fourth-order valence-corrected chi connectivity index (χ4v) is 4.41. The number of rotatable bonds is 6. The fourth-order valence-electron chi connectivity index (χ4n) is 3.41. The Morgan fingerprint density at radius 1 is 1.37 bits per heavy atom. The molecule has 0 saturated carbocycles. The van der Waals surface area contributed by atoms with Crippen molar-refractivity contribution in [2.24, 2.45) is 5.92 Å². The maximum absolute atomic E-state index is 12.2. The Kier molecular flexibility index (Phi) is 6.97. The Morgan fingerprint density at radius 2 is 2.10 bits per heavy atom. The summed E-state index contributed by atoms with van der Waals surface area (Å²) >= 11 is 0. The molecule has 0 aliphatic carbocycles. The molecular weight excluding hydrogens is 412 g/mol. The number of nitrogens with one attached hydrogen (secondary N) is 1. The highest BCUT2D eigenvalue weighted by molar-refractivity contribution is 7.92. The smallest absolute Gasteiger partial charge is 0.414 e. The van der Waals surface area contributed by atoms with Gasteiger partial charge < -0.3 is 9.47 Å². The van der Waals surface area contributed by atoms with Crippen LogP contribution in [0.1, 0.15) is 24.8 Å². The molecule has 30 heavy (non-hydrogen) atoms. The van der Waals surface area contributed by atoms with E-state index in [4.69, 9.17) is 14.7 Å². The van der Waals surface area contributed by atoms with Crippen molar-refractivity contribution in [3.63, 3.8) is 0 Å². The van der Waals surface area contributed by atoms with Crippen LogP contribution in [0.25, 0.3) is 0 Å². The molecule has 2 aliphatic heterocycles. The molecule has 2 heterocycles. The van der Waals surface area contributed by atoms with Gasteiger partial charge in [0.05, 0.1) is 13.2 Å². The lowest BCUT2D eigenvalue weighted by atomic mass is 10.1. The van der Waals surface area contributed by atoms with Crippen molar-refractivity contribution >= 4 is 27.5 Å². The van der Waals surface area contributed by atoms with E-state index in [-0.39, 0.29) is 13.0 Å². The summed E-state index contributed by atoms with van der Waals surface area (Å²) in [6.45, 7) is 1.64. The first-order valence-electron chi connectivity index (χ1n) is 9.55. The van der Waals surface area contributed by atoms with E-state index in [0.717, 1.165) is 37.9 Å². The van der Waals surface area contributed by atoms with Crippen molar-refractivity contribution in [3.8, 4) is 11.8 Å². The van der Waals surface area contributed by atoms with Gasteiger partial charge in [0.2, 0.25) is 0 Å². The van der Waals surface area contributed by atoms with Crippen LogP contribution < -0.4 is 10.4 Å². The minimum absolute atomic E-state index is 0.0935. The summed E-state index contributed by atoms with van der Waals surface area (Å²) in [4.78, 5) is 25.3. The van der Waals surface area contributed by atoms with E-state index in [1.807, 2.05) is 0 Å². The van der Waals surface area contributed by atoms with Crippen LogP contribution in [-0.4, -0.2) is 63.0 Å². The number of benzene rings is 1. The molecule has 2 aliphatic rings. The number of hydrogen-bond acceptors (Lipinski definition) is 7. The summed E-state index contributed by atoms with van der Waals surface area (Å²) in [6.07, 6.45) is 1.03. The number of hydrogen-bond donors (Lipinski definition) is 2. The largest absolute Gasteiger partial charge is 0.444 e. The van der Waals surface area contributed by atoms with Crippen LogP contribution in [0.4, 0.5) is 10.5 Å². The zero-order chi connectivity index (χ0) is 21.7. The number of carbonyl (C=O) groups excluding carboxylic acids is 2. The monoisotopic (exact) mass is 436 g/mol. The second-order valence-electron chi connectivity index (χ2n) is 7.43. The van der Waals surface area contributed by atoms with Crippen LogP contribution in [-0.2, 0) is 24.1 Å². The fraction of sp³-hybridized carbons (Fsp3) is 0.500. The van der Waals surface area contributed by atoms with Crippen LogP contribution in [0.3, 0.4) is 0 Å². The molecule has 2 N–H and O–H groups in total. The van der Waals surface area contributed by atoms with Crippen LogP contribution >= 0.6 is 0 Å². The molecular formula is C20H24N2O7S. The molecule has 3 unspecified atom stereocenters. The highest BCUT2D eigenvalue weighted by Gasteiger charge is 2.39. The van der Waals surface area contributed by atoms with Gasteiger partial charge in [-0.15, -0.1) is 0 Å². The molecule has 1 aromatic carbocycles. The lowest BCUT2D eigenvalue weighted by Gasteiger charge is -2.16. The first kappa shape index (κ1) is 22.1. The lowest BCUT2D eigenvalue weighted by molar-refractivity contribution is -0.129. The summed E-state index contributed by atoms with van der Waals surface area (Å²) in [6, 6.07) is 7.07. The molecule has 0 aromatic heterocycles. The van der Waals surface area contributed by atoms with Crippen LogP contribution in [0.2, 0.25) is 0 Å². The average molecular weight is 436 g/mol. The average Bonchev–Trinajstić information content (AvgIpc) is 3.35. The first-order valence-corrected chi connectivity index (χ1v) is 11.5. The SMILES string of the molecule is CS(=O)(=O)C(CC1CN(c2ccc(C#CCC3CCOC3)cc2)C(=O)O1)C(=O)NO. The summed E-state index contributed by atoms with van der Waals surface area (Å²) in [5.74, 6) is 5.67. The summed E-state index contributed by atoms with van der Waals surface area (Å²) in [7, 11) is -3.79. The maximum atomic E-state index is 12.2. The van der Waals surface area contributed by atoms with Gasteiger partial charge in [-0.25, -0.2) is 18.7 Å². The number of hydroxylamine groups is 1. The molecule has 2 amide bonds. The number of nitrogens with zero attached hydrogens (tertiary/aromatic N) is 1. The van der Waals surface area contributed by atoms with E-state index >= 15 is 0 Å². The Morgan fingerprint density at radius 3 is 2.70 bits per heavy atom. The van der Waals surface area contributed by atoms with Crippen molar-refractivity contribution in [1.29, 1.82) is 0 Å². The molecule has 0 radical (unpaired) electrons. The first-order chi connectivity index (χ1) is 14.3. The second kappa shape index (κ2) is 9.47. The van der Waals surface area contributed by atoms with Crippen molar-refractivity contribution in [3.05, 3.63) is 29.8 Å². The van der Waals surface area contributed by atoms with Gasteiger partial charge in [0.1, 0.15) is 11.4 Å². The zero-order valence-electron chi connectivity index (χ0n) is 16.5. The minimum atomic E-state index is -3.79. The van der Waals surface area contributed by atoms with Crippen molar-refractivity contribution in [1.82, 2.24) is 5.48 Å². The van der Waals surface area contributed by atoms with Crippen LogP contribution in [0.15, 0.2) is 24.3 Å². The number of cyclic esters (lactones) is 1. The molecule has 3 rings (SSSR count). The molecule has 10 heteroatoms. The van der Waals surface area contributed by atoms with E-state index in [1.54, 1.807) is 24.3 Å². The number of sulfone groups is 1. The number of anilines is 1. The minimum Gasteiger partial charge on any atom is -0.444 e. The third kappa shape index (κ3) is 5.50. The van der Waals surface area contributed by atoms with E-state index in [9.17, 15) is 18.0 Å². The zero-order valence-corrected chi connectivity index (χ0v) is 17.4. The van der Waals surface area contributed by atoms with Gasteiger partial charge in [-0.1, -0.05) is 11.8 Å². The van der Waals surface area contributed by atoms with Gasteiger partial charge in [0.15, 0.2) is 9.84 Å². The predicted octanol–water partition coefficient (Wildman–Crippen LogP) is 1.10. The van der Waals surface area contributed by atoms with Crippen molar-refractivity contribution in [2.45, 2.75) is 30.6 Å². The van der Waals surface area contributed by atoms with Gasteiger partial charge in [-0.3, -0.25) is 14.9 Å². The van der Waals surface area contributed by atoms with E-state index in [1.165, 1.54) is 10.4 Å². The van der Waals surface area contributed by atoms with E-state index in [2.05, 4.69) is 11.8 Å². The summed E-state index contributed by atoms with van der Waals surface area (Å²) in [5, 5.41) is 7.26. The van der Waals surface area contributed by atoms with Gasteiger partial charge >= 0.3 is 6.09 Å². The highest BCUT2D eigenvalue weighted by Crippen LogP contribution is 2.25. The van der Waals surface area contributed by atoms with Gasteiger partial charge in [-0.2, -0.15) is 0 Å². The molecule has 0 spiro atoms. The third-order valence-corrected chi connectivity index (χ3v) is 6.54. The quantitative estimate of drug-likeness (QED) is 0.389. The van der Waals surface area contributed by atoms with Gasteiger partial charge in [0, 0.05) is 37.0 Å². The molecule has 9 nitrogen and oxygen atoms in total. The Bertz CT molecular complexity index is 944. The molecule has 2 fully saturated rings. The standard InChI is InChI=1S/C20H24N2O7S/c1-30(26,27)18(19(23)21-25)11-17-12-22(20(24)29-17)16-7-5-14(6-8-16)3-2-4-15-9-10-28-13-15/h5-8,15,17-18,25H,4,9-13H2,1H3,(H,21,23). The van der Waals surface area contributed by atoms with Gasteiger partial charge in [0.25, 0.3) is 5.91 Å². The number of carbonyl (C=O) groups is 2. The normalized spacial score (nSPS) is 22.2. The molecule has 162 valence electrons. The number of ether oxygens (including phenoxy) is 2. The van der Waals surface area contributed by atoms with E-state index in [0.29, 0.717) is 11.6 Å². The van der Waals surface area contributed by atoms with Crippen molar-refractivity contribution < 1.29 is 32.7 Å². The topological polar surface area (TPSA) is 122 Å².